The summed E-state index contributed by atoms with van der Waals surface area (Å²) in [5.74, 6) is 1.14. The molecular weight excluding hydrogens is 520 g/mol. The lowest BCUT2D eigenvalue weighted by Crippen LogP contribution is -2.22. The predicted octanol–water partition coefficient (Wildman–Crippen LogP) is 13.7. The van der Waals surface area contributed by atoms with E-state index in [4.69, 9.17) is 9.98 Å². The van der Waals surface area contributed by atoms with Crippen LogP contribution in [0.15, 0.2) is 40.3 Å². The van der Waals surface area contributed by atoms with E-state index in [-0.39, 0.29) is 0 Å². The molecule has 0 radical (unpaired) electrons. The maximum Gasteiger partial charge on any atom is 0.244 e. The van der Waals surface area contributed by atoms with E-state index in [2.05, 4.69) is 44.2 Å². The van der Waals surface area contributed by atoms with Crippen molar-refractivity contribution in [3.63, 3.8) is 0 Å². The summed E-state index contributed by atoms with van der Waals surface area (Å²) < 4.78 is 0. The van der Waals surface area contributed by atoms with Crippen molar-refractivity contribution in [1.29, 1.82) is 0 Å². The van der Waals surface area contributed by atoms with Gasteiger partial charge in [-0.3, -0.25) is 0 Å². The van der Waals surface area contributed by atoms with Gasteiger partial charge in [-0.25, -0.2) is 0 Å². The van der Waals surface area contributed by atoms with Crippen molar-refractivity contribution in [2.24, 2.45) is 21.8 Å². The average Bonchev–Trinajstić information content (AvgIpc) is 3.57. The van der Waals surface area contributed by atoms with Gasteiger partial charge in [-0.2, -0.15) is 0 Å². The van der Waals surface area contributed by atoms with E-state index in [0.717, 1.165) is 12.6 Å². The molecule has 1 aliphatic heterocycles. The van der Waals surface area contributed by atoms with Gasteiger partial charge in [0.1, 0.15) is 0 Å². The molecule has 0 aromatic heterocycles. The van der Waals surface area contributed by atoms with Crippen LogP contribution in [-0.4, -0.2) is 12.4 Å². The molecule has 2 atom stereocenters. The summed E-state index contributed by atoms with van der Waals surface area (Å²) in [6.07, 6.45) is 44.1. The lowest BCUT2D eigenvalue weighted by Gasteiger charge is -2.26. The van der Waals surface area contributed by atoms with E-state index in [9.17, 15) is 0 Å². The lowest BCUT2D eigenvalue weighted by atomic mass is 9.78. The van der Waals surface area contributed by atoms with Gasteiger partial charge >= 0.3 is 0 Å². The van der Waals surface area contributed by atoms with Gasteiger partial charge in [0.15, 0.2) is 12.4 Å². The minimum absolute atomic E-state index is 0.496. The normalized spacial score (nSPS) is 14.1. The molecule has 0 saturated carbocycles. The van der Waals surface area contributed by atoms with Crippen molar-refractivity contribution in [3.8, 4) is 0 Å². The van der Waals surface area contributed by atoms with Crippen LogP contribution in [0.25, 0.3) is 0 Å². The Morgan fingerprint density at radius 3 is 1.26 bits per heavy atom. The first-order valence-corrected chi connectivity index (χ1v) is 19.3. The average molecular weight is 592 g/mol. The standard InChI is InChI=1S/C41H71N2/c1-3-5-7-9-11-13-15-16-17-18-19-20-22-24-29-33-39(37-38-31-27-26-28-32-38)40(41-42-35-36-43-41)34-30-25-23-21-14-12-10-8-6-4-2/h26-28,31-32,35-36,39-40H,3-25,29-30,33-34,37H2,1-2H3/q+1. The maximum absolute atomic E-state index is 4.75. The van der Waals surface area contributed by atoms with Crippen LogP contribution >= 0.6 is 0 Å². The summed E-state index contributed by atoms with van der Waals surface area (Å²) in [6, 6.07) is 11.2. The molecule has 2 unspecified atom stereocenters. The van der Waals surface area contributed by atoms with Crippen LogP contribution in [0.3, 0.4) is 0 Å². The molecular formula is C41H71N2+. The van der Waals surface area contributed by atoms with Gasteiger partial charge in [-0.05, 0) is 30.7 Å². The molecule has 0 aliphatic carbocycles. The molecule has 2 rings (SSSR count). The zero-order valence-electron chi connectivity index (χ0n) is 28.9. The molecule has 0 spiro atoms. The van der Waals surface area contributed by atoms with Crippen LogP contribution in [-0.2, 0) is 6.42 Å². The van der Waals surface area contributed by atoms with E-state index in [1.165, 1.54) is 179 Å². The Labute approximate surface area is 269 Å². The molecule has 0 amide bonds. The molecule has 2 heteroatoms. The molecule has 0 fully saturated rings. The molecule has 0 bridgehead atoms. The molecule has 43 heavy (non-hydrogen) atoms. The molecule has 1 aliphatic rings. The van der Waals surface area contributed by atoms with E-state index in [1.54, 1.807) is 0 Å². The van der Waals surface area contributed by atoms with Crippen LogP contribution in [0.1, 0.15) is 193 Å². The number of hydrogen-bond acceptors (Lipinski definition) is 2. The zero-order valence-corrected chi connectivity index (χ0v) is 28.9. The Morgan fingerprint density at radius 1 is 0.465 bits per heavy atom. The molecule has 2 nitrogen and oxygen atoms in total. The number of hydrogen-bond donors (Lipinski definition) is 0. The fourth-order valence-corrected chi connectivity index (χ4v) is 7.01. The van der Waals surface area contributed by atoms with Gasteiger partial charge in [-0.1, -0.05) is 215 Å². The topological polar surface area (TPSA) is 24.7 Å². The second kappa shape index (κ2) is 27.9. The lowest BCUT2D eigenvalue weighted by molar-refractivity contribution is 0.284. The van der Waals surface area contributed by atoms with Crippen molar-refractivity contribution >= 4 is 12.4 Å². The highest BCUT2D eigenvalue weighted by molar-refractivity contribution is 6.18. The Balaban J connectivity index is 1.67. The predicted molar refractivity (Wildman–Crippen MR) is 193 cm³/mol. The van der Waals surface area contributed by atoms with E-state index >= 15 is 0 Å². The Hall–Kier alpha value is -1.57. The van der Waals surface area contributed by atoms with Crippen LogP contribution in [0.4, 0.5) is 0 Å². The fourth-order valence-electron chi connectivity index (χ4n) is 7.01. The molecule has 0 N–H and O–H groups in total. The highest BCUT2D eigenvalue weighted by atomic mass is 15.0. The van der Waals surface area contributed by atoms with E-state index < -0.39 is 0 Å². The number of aliphatic imine (C=N–C) groups is 2. The van der Waals surface area contributed by atoms with Crippen LogP contribution in [0.2, 0.25) is 0 Å². The first-order chi connectivity index (χ1) is 21.3. The van der Waals surface area contributed by atoms with Gasteiger partial charge in [0.25, 0.3) is 0 Å². The molecule has 1 aromatic carbocycles. The quantitative estimate of drug-likeness (QED) is 0.0606. The van der Waals surface area contributed by atoms with Crippen LogP contribution in [0.5, 0.6) is 0 Å². The van der Waals surface area contributed by atoms with Crippen LogP contribution < -0.4 is 0 Å². The summed E-state index contributed by atoms with van der Waals surface area (Å²) in [5.41, 5.74) is 1.48. The van der Waals surface area contributed by atoms with Gasteiger partial charge in [-0.15, -0.1) is 0 Å². The second-order valence-electron chi connectivity index (χ2n) is 13.7. The molecule has 0 saturated heterocycles. The number of unbranched alkanes of at least 4 members (excludes halogenated alkanes) is 23. The molecule has 1 heterocycles. The Bertz CT molecular complexity index is 757. The Kier molecular flexibility index (Phi) is 24.4. The summed E-state index contributed by atoms with van der Waals surface area (Å²) in [5, 5.41) is 0. The first-order valence-electron chi connectivity index (χ1n) is 19.3. The third-order valence-electron chi connectivity index (χ3n) is 9.77. The monoisotopic (exact) mass is 592 g/mol. The fraction of sp³-hybridized carbons (Fsp3) is 0.780. The van der Waals surface area contributed by atoms with Crippen molar-refractivity contribution in [2.75, 3.05) is 0 Å². The largest absolute Gasteiger partial charge is 0.244 e. The van der Waals surface area contributed by atoms with Crippen molar-refractivity contribution in [2.45, 2.75) is 194 Å². The number of benzene rings is 1. The summed E-state index contributed by atoms with van der Waals surface area (Å²) in [6.45, 7) is 4.61. The maximum atomic E-state index is 4.75. The summed E-state index contributed by atoms with van der Waals surface area (Å²) in [7, 11) is 0. The van der Waals surface area contributed by atoms with Gasteiger partial charge in [0, 0.05) is 0 Å². The van der Waals surface area contributed by atoms with Crippen molar-refractivity contribution in [1.82, 2.24) is 0 Å². The van der Waals surface area contributed by atoms with Gasteiger partial charge in [0.2, 0.25) is 6.17 Å². The highest BCUT2D eigenvalue weighted by Crippen LogP contribution is 2.37. The van der Waals surface area contributed by atoms with Crippen LogP contribution in [0, 0.1) is 18.0 Å². The summed E-state index contributed by atoms with van der Waals surface area (Å²) >= 11 is 0. The van der Waals surface area contributed by atoms with E-state index in [1.807, 2.05) is 12.4 Å². The molecule has 1 aromatic rings. The summed E-state index contributed by atoms with van der Waals surface area (Å²) in [4.78, 5) is 9.51. The third kappa shape index (κ3) is 20.2. The Morgan fingerprint density at radius 2 is 0.837 bits per heavy atom. The van der Waals surface area contributed by atoms with Crippen molar-refractivity contribution in [3.05, 3.63) is 42.1 Å². The minimum Gasteiger partial charge on any atom is -0.0965 e. The van der Waals surface area contributed by atoms with Crippen molar-refractivity contribution < 1.29 is 0 Å². The van der Waals surface area contributed by atoms with Gasteiger partial charge < -0.3 is 0 Å². The zero-order chi connectivity index (χ0) is 30.5. The minimum atomic E-state index is 0.496. The second-order valence-corrected chi connectivity index (χ2v) is 13.7. The number of nitrogens with zero attached hydrogens (tertiary/aromatic N) is 2. The van der Waals surface area contributed by atoms with Gasteiger partial charge in [0.05, 0.1) is 5.92 Å². The SMILES string of the molecule is CCCCCCCCCCCCCCCCCC(Cc1ccccc1)C(CCCCCCCCCCCC)[C+]1N=CC=N1. The van der Waals surface area contributed by atoms with E-state index in [0.29, 0.717) is 11.8 Å². The first kappa shape index (κ1) is 37.6. The third-order valence-corrected chi connectivity index (χ3v) is 9.77. The molecule has 244 valence electrons. The smallest absolute Gasteiger partial charge is 0.0965 e. The number of rotatable bonds is 31. The highest BCUT2D eigenvalue weighted by Gasteiger charge is 2.35.